The lowest BCUT2D eigenvalue weighted by molar-refractivity contribution is 0.0596. The number of rotatable bonds is 3. The Morgan fingerprint density at radius 3 is 3.00 bits per heavy atom. The number of carbonyl (C=O) groups is 1. The molecule has 17 heavy (non-hydrogen) atoms. The van der Waals surface area contributed by atoms with Gasteiger partial charge < -0.3 is 15.0 Å². The van der Waals surface area contributed by atoms with Crippen LogP contribution >= 0.6 is 0 Å². The van der Waals surface area contributed by atoms with Crippen LogP contribution in [0.5, 0.6) is 0 Å². The third-order valence-corrected chi connectivity index (χ3v) is 2.23. The van der Waals surface area contributed by atoms with E-state index in [1.54, 1.807) is 16.8 Å². The Bertz CT molecular complexity index is 523. The number of ether oxygens (including phenoxy) is 1. The number of methoxy groups -OCH3 is 1. The van der Waals surface area contributed by atoms with Gasteiger partial charge in [-0.05, 0) is 6.07 Å². The first-order valence-electron chi connectivity index (χ1n) is 4.86. The minimum Gasteiger partial charge on any atom is -0.464 e. The molecule has 7 heteroatoms. The van der Waals surface area contributed by atoms with E-state index in [0.717, 1.165) is 5.69 Å². The molecule has 2 aromatic heterocycles. The van der Waals surface area contributed by atoms with Gasteiger partial charge >= 0.3 is 5.97 Å². The highest BCUT2D eigenvalue weighted by Crippen LogP contribution is 2.12. The fourth-order valence-electron chi connectivity index (χ4n) is 1.36. The van der Waals surface area contributed by atoms with Crippen molar-refractivity contribution in [1.82, 2.24) is 19.5 Å². The van der Waals surface area contributed by atoms with Crippen molar-refractivity contribution < 1.29 is 9.53 Å². The summed E-state index contributed by atoms with van der Waals surface area (Å²) in [5.41, 5.74) is 6.67. The monoisotopic (exact) mass is 233 g/mol. The molecular weight excluding hydrogens is 222 g/mol. The number of esters is 1. The first kappa shape index (κ1) is 11.1. The van der Waals surface area contributed by atoms with Gasteiger partial charge in [-0.2, -0.15) is 0 Å². The summed E-state index contributed by atoms with van der Waals surface area (Å²) >= 11 is 0. The molecule has 88 valence electrons. The van der Waals surface area contributed by atoms with Gasteiger partial charge in [-0.1, -0.05) is 0 Å². The van der Waals surface area contributed by atoms with Gasteiger partial charge in [-0.3, -0.25) is 0 Å². The van der Waals surface area contributed by atoms with Crippen LogP contribution < -0.4 is 5.73 Å². The van der Waals surface area contributed by atoms with Crippen molar-refractivity contribution in [2.45, 2.75) is 6.54 Å². The lowest BCUT2D eigenvalue weighted by Gasteiger charge is -2.04. The van der Waals surface area contributed by atoms with Gasteiger partial charge in [0.05, 0.1) is 25.7 Å². The maximum Gasteiger partial charge on any atom is 0.360 e. The lowest BCUT2D eigenvalue weighted by Crippen LogP contribution is -2.09. The van der Waals surface area contributed by atoms with Crippen molar-refractivity contribution in [1.29, 1.82) is 0 Å². The minimum atomic E-state index is -0.552. The lowest BCUT2D eigenvalue weighted by atomic mass is 10.4. The highest BCUT2D eigenvalue weighted by Gasteiger charge is 2.16. The van der Waals surface area contributed by atoms with Crippen molar-refractivity contribution in [2.24, 2.45) is 0 Å². The first-order chi connectivity index (χ1) is 8.22. The third-order valence-electron chi connectivity index (χ3n) is 2.23. The Kier molecular flexibility index (Phi) is 2.99. The van der Waals surface area contributed by atoms with E-state index < -0.39 is 5.97 Å². The fourth-order valence-corrected chi connectivity index (χ4v) is 1.36. The molecule has 2 aromatic rings. The van der Waals surface area contributed by atoms with Gasteiger partial charge in [-0.15, -0.1) is 0 Å². The van der Waals surface area contributed by atoms with Crippen molar-refractivity contribution in [3.8, 4) is 0 Å². The maximum absolute atomic E-state index is 11.3. The predicted molar refractivity (Wildman–Crippen MR) is 59.1 cm³/mol. The second-order valence-corrected chi connectivity index (χ2v) is 3.30. The van der Waals surface area contributed by atoms with Crippen LogP contribution in [0.25, 0.3) is 0 Å². The van der Waals surface area contributed by atoms with Crippen molar-refractivity contribution in [3.63, 3.8) is 0 Å². The molecule has 0 saturated carbocycles. The summed E-state index contributed by atoms with van der Waals surface area (Å²) in [5, 5.41) is 0. The second kappa shape index (κ2) is 4.60. The van der Waals surface area contributed by atoms with E-state index in [-0.39, 0.29) is 11.5 Å². The first-order valence-corrected chi connectivity index (χ1v) is 4.86. The number of nitrogens with two attached hydrogens (primary N) is 1. The second-order valence-electron chi connectivity index (χ2n) is 3.30. The van der Waals surface area contributed by atoms with Crippen molar-refractivity contribution in [2.75, 3.05) is 12.8 Å². The number of hydrogen-bond acceptors (Lipinski definition) is 6. The zero-order valence-corrected chi connectivity index (χ0v) is 9.20. The summed E-state index contributed by atoms with van der Waals surface area (Å²) < 4.78 is 6.18. The van der Waals surface area contributed by atoms with Crippen molar-refractivity contribution in [3.05, 3.63) is 36.3 Å². The molecule has 0 atom stereocenters. The van der Waals surface area contributed by atoms with E-state index in [4.69, 9.17) is 5.73 Å². The SMILES string of the molecule is COC(=O)c1ncn(Cc2ccncn2)c1N. The molecule has 7 nitrogen and oxygen atoms in total. The van der Waals surface area contributed by atoms with Gasteiger partial charge in [0.2, 0.25) is 0 Å². The molecule has 0 fully saturated rings. The van der Waals surface area contributed by atoms with E-state index >= 15 is 0 Å². The number of nitrogen functional groups attached to an aromatic ring is 1. The molecule has 2 heterocycles. The van der Waals surface area contributed by atoms with E-state index in [0.29, 0.717) is 6.54 Å². The van der Waals surface area contributed by atoms with Crippen LogP contribution in [0.1, 0.15) is 16.2 Å². The number of aromatic nitrogens is 4. The highest BCUT2D eigenvalue weighted by molar-refractivity contribution is 5.92. The summed E-state index contributed by atoms with van der Waals surface area (Å²) in [5.74, 6) is -0.292. The van der Waals surface area contributed by atoms with Gasteiger partial charge in [0.25, 0.3) is 0 Å². The minimum absolute atomic E-state index is 0.113. The average Bonchev–Trinajstić information content (AvgIpc) is 2.72. The summed E-state index contributed by atoms with van der Waals surface area (Å²) in [4.78, 5) is 23.1. The molecule has 0 amide bonds. The highest BCUT2D eigenvalue weighted by atomic mass is 16.5. The summed E-state index contributed by atoms with van der Waals surface area (Å²) in [6.07, 6.45) is 4.56. The van der Waals surface area contributed by atoms with Crippen LogP contribution in [0.4, 0.5) is 5.82 Å². The molecule has 0 bridgehead atoms. The zero-order chi connectivity index (χ0) is 12.3. The van der Waals surface area contributed by atoms with Crippen LogP contribution in [0, 0.1) is 0 Å². The molecule has 0 saturated heterocycles. The molecule has 0 unspecified atom stereocenters. The largest absolute Gasteiger partial charge is 0.464 e. The maximum atomic E-state index is 11.3. The quantitative estimate of drug-likeness (QED) is 0.755. The molecule has 0 spiro atoms. The third kappa shape index (κ3) is 2.22. The standard InChI is InChI=1S/C10H11N5O2/c1-17-10(16)8-9(11)15(6-14-8)4-7-2-3-12-5-13-7/h2-3,5-6H,4,11H2,1H3. The smallest absolute Gasteiger partial charge is 0.360 e. The Morgan fingerprint density at radius 2 is 2.35 bits per heavy atom. The fraction of sp³-hybridized carbons (Fsp3) is 0.200. The van der Waals surface area contributed by atoms with Gasteiger partial charge in [0, 0.05) is 6.20 Å². The van der Waals surface area contributed by atoms with Crippen LogP contribution in [-0.2, 0) is 11.3 Å². The van der Waals surface area contributed by atoms with Crippen LogP contribution in [-0.4, -0.2) is 32.6 Å². The predicted octanol–water partition coefficient (Wildman–Crippen LogP) is 0.0902. The molecule has 0 aromatic carbocycles. The van der Waals surface area contributed by atoms with Crippen molar-refractivity contribution >= 4 is 11.8 Å². The molecule has 0 aliphatic carbocycles. The Hall–Kier alpha value is -2.44. The Morgan fingerprint density at radius 1 is 1.53 bits per heavy atom. The van der Waals surface area contributed by atoms with Gasteiger partial charge in [-0.25, -0.2) is 19.7 Å². The van der Waals surface area contributed by atoms with Gasteiger partial charge in [0.15, 0.2) is 5.69 Å². The number of anilines is 1. The number of nitrogens with zero attached hydrogens (tertiary/aromatic N) is 4. The summed E-state index contributed by atoms with van der Waals surface area (Å²) in [7, 11) is 1.28. The van der Waals surface area contributed by atoms with E-state index in [1.165, 1.54) is 19.8 Å². The normalized spacial score (nSPS) is 10.2. The van der Waals surface area contributed by atoms with E-state index in [2.05, 4.69) is 19.7 Å². The Labute approximate surface area is 97.3 Å². The summed E-state index contributed by atoms with van der Waals surface area (Å²) in [6.45, 7) is 0.429. The molecule has 0 aliphatic heterocycles. The molecule has 0 radical (unpaired) electrons. The van der Waals surface area contributed by atoms with Crippen LogP contribution in [0.3, 0.4) is 0 Å². The number of hydrogen-bond donors (Lipinski definition) is 1. The summed E-state index contributed by atoms with van der Waals surface area (Å²) in [6, 6.07) is 1.76. The van der Waals surface area contributed by atoms with E-state index in [1.807, 2.05) is 0 Å². The Balaban J connectivity index is 2.24. The number of imidazole rings is 1. The molecule has 2 N–H and O–H groups in total. The topological polar surface area (TPSA) is 95.9 Å². The number of carbonyl (C=O) groups excluding carboxylic acids is 1. The molecule has 0 aliphatic rings. The van der Waals surface area contributed by atoms with Crippen LogP contribution in [0.15, 0.2) is 24.9 Å². The zero-order valence-electron chi connectivity index (χ0n) is 9.20. The molecule has 2 rings (SSSR count). The van der Waals surface area contributed by atoms with Gasteiger partial charge in [0.1, 0.15) is 12.1 Å². The average molecular weight is 233 g/mol. The molecular formula is C10H11N5O2. The van der Waals surface area contributed by atoms with Crippen LogP contribution in [0.2, 0.25) is 0 Å². The van der Waals surface area contributed by atoms with E-state index in [9.17, 15) is 4.79 Å².